The fraction of sp³-hybridized carbons (Fsp3) is 1.00. The van der Waals surface area contributed by atoms with E-state index in [0.29, 0.717) is 18.7 Å². The predicted molar refractivity (Wildman–Crippen MR) is 61.9 cm³/mol. The second kappa shape index (κ2) is 5.28. The summed E-state index contributed by atoms with van der Waals surface area (Å²) in [6.45, 7) is 6.96. The monoisotopic (exact) mass is 215 g/mol. The van der Waals surface area contributed by atoms with Gasteiger partial charge in [-0.2, -0.15) is 0 Å². The lowest BCUT2D eigenvalue weighted by atomic mass is 9.58. The van der Waals surface area contributed by atoms with Crippen LogP contribution in [0, 0.1) is 5.41 Å². The van der Waals surface area contributed by atoms with Gasteiger partial charge in [0.15, 0.2) is 0 Å². The SMILES string of the molecule is CCC1(CC)[C@H](NC[C@H](C)O)C[C@H]1OC. The molecular formula is C12H25NO2. The van der Waals surface area contributed by atoms with Crippen LogP contribution in [-0.2, 0) is 4.74 Å². The van der Waals surface area contributed by atoms with E-state index in [0.717, 1.165) is 19.3 Å². The molecule has 0 aliphatic heterocycles. The van der Waals surface area contributed by atoms with Gasteiger partial charge in [0, 0.05) is 25.1 Å². The molecule has 0 spiro atoms. The molecule has 1 aliphatic carbocycles. The lowest BCUT2D eigenvalue weighted by Crippen LogP contribution is -2.63. The molecule has 1 rings (SSSR count). The van der Waals surface area contributed by atoms with Gasteiger partial charge in [0.05, 0.1) is 12.2 Å². The highest BCUT2D eigenvalue weighted by Crippen LogP contribution is 2.48. The van der Waals surface area contributed by atoms with Crippen molar-refractivity contribution in [3.05, 3.63) is 0 Å². The molecule has 0 saturated heterocycles. The van der Waals surface area contributed by atoms with Crippen molar-refractivity contribution in [3.8, 4) is 0 Å². The Hall–Kier alpha value is -0.120. The lowest BCUT2D eigenvalue weighted by Gasteiger charge is -2.55. The smallest absolute Gasteiger partial charge is 0.0657 e. The van der Waals surface area contributed by atoms with Crippen molar-refractivity contribution in [3.63, 3.8) is 0 Å². The third-order valence-electron chi connectivity index (χ3n) is 4.05. The summed E-state index contributed by atoms with van der Waals surface area (Å²) in [7, 11) is 1.80. The Morgan fingerprint density at radius 3 is 2.47 bits per heavy atom. The second-order valence-corrected chi connectivity index (χ2v) is 4.71. The molecular weight excluding hydrogens is 190 g/mol. The average Bonchev–Trinajstić information content (AvgIpc) is 2.18. The minimum Gasteiger partial charge on any atom is -0.392 e. The first-order chi connectivity index (χ1) is 7.10. The standard InChI is InChI=1S/C12H25NO2/c1-5-12(6-2)10(7-11(12)15-4)13-8-9(3)14/h9-11,13-14H,5-8H2,1-4H3/t9-,10+,11+/m0/s1. The zero-order valence-corrected chi connectivity index (χ0v) is 10.4. The van der Waals surface area contributed by atoms with Gasteiger partial charge in [0.2, 0.25) is 0 Å². The van der Waals surface area contributed by atoms with Crippen molar-refractivity contribution >= 4 is 0 Å². The lowest BCUT2D eigenvalue weighted by molar-refractivity contribution is -0.125. The van der Waals surface area contributed by atoms with E-state index in [1.807, 2.05) is 6.92 Å². The fourth-order valence-electron chi connectivity index (χ4n) is 2.88. The Morgan fingerprint density at radius 2 is 2.07 bits per heavy atom. The van der Waals surface area contributed by atoms with Crippen molar-refractivity contribution < 1.29 is 9.84 Å². The fourth-order valence-corrected chi connectivity index (χ4v) is 2.88. The van der Waals surface area contributed by atoms with Crippen LogP contribution in [-0.4, -0.2) is 37.0 Å². The van der Waals surface area contributed by atoms with Crippen LogP contribution in [0.5, 0.6) is 0 Å². The third kappa shape index (κ3) is 2.35. The Kier molecular flexibility index (Phi) is 4.56. The molecule has 0 heterocycles. The number of methoxy groups -OCH3 is 1. The van der Waals surface area contributed by atoms with Gasteiger partial charge in [-0.25, -0.2) is 0 Å². The first-order valence-corrected chi connectivity index (χ1v) is 6.05. The highest BCUT2D eigenvalue weighted by atomic mass is 16.5. The molecule has 3 nitrogen and oxygen atoms in total. The van der Waals surface area contributed by atoms with Gasteiger partial charge in [0.25, 0.3) is 0 Å². The van der Waals surface area contributed by atoms with Crippen LogP contribution in [0.2, 0.25) is 0 Å². The van der Waals surface area contributed by atoms with Crippen LogP contribution in [0.25, 0.3) is 0 Å². The van der Waals surface area contributed by atoms with E-state index in [9.17, 15) is 5.11 Å². The average molecular weight is 215 g/mol. The van der Waals surface area contributed by atoms with Gasteiger partial charge in [-0.05, 0) is 26.2 Å². The zero-order valence-electron chi connectivity index (χ0n) is 10.4. The van der Waals surface area contributed by atoms with Crippen LogP contribution in [0.15, 0.2) is 0 Å². The summed E-state index contributed by atoms with van der Waals surface area (Å²) in [5, 5.41) is 12.7. The van der Waals surface area contributed by atoms with Gasteiger partial charge >= 0.3 is 0 Å². The Balaban J connectivity index is 2.52. The van der Waals surface area contributed by atoms with E-state index >= 15 is 0 Å². The topological polar surface area (TPSA) is 41.5 Å². The van der Waals surface area contributed by atoms with Crippen LogP contribution in [0.3, 0.4) is 0 Å². The van der Waals surface area contributed by atoms with E-state index in [-0.39, 0.29) is 11.5 Å². The first kappa shape index (κ1) is 12.9. The molecule has 0 aromatic rings. The van der Waals surface area contributed by atoms with Crippen molar-refractivity contribution in [1.29, 1.82) is 0 Å². The normalized spacial score (nSPS) is 31.0. The largest absolute Gasteiger partial charge is 0.392 e. The van der Waals surface area contributed by atoms with Crippen LogP contribution < -0.4 is 5.32 Å². The number of hydrogen-bond acceptors (Lipinski definition) is 3. The number of aliphatic hydroxyl groups is 1. The summed E-state index contributed by atoms with van der Waals surface area (Å²) in [6, 6.07) is 0.507. The molecule has 15 heavy (non-hydrogen) atoms. The van der Waals surface area contributed by atoms with Crippen molar-refractivity contribution in [1.82, 2.24) is 5.32 Å². The minimum absolute atomic E-state index is 0.266. The molecule has 3 heteroatoms. The highest BCUT2D eigenvalue weighted by Gasteiger charge is 2.52. The van der Waals surface area contributed by atoms with Crippen molar-refractivity contribution in [2.75, 3.05) is 13.7 Å². The molecule has 90 valence electrons. The Bertz CT molecular complexity index is 190. The summed E-state index contributed by atoms with van der Waals surface area (Å²) in [6.07, 6.45) is 3.47. The Morgan fingerprint density at radius 1 is 1.47 bits per heavy atom. The molecule has 0 amide bonds. The van der Waals surface area contributed by atoms with E-state index in [1.165, 1.54) is 0 Å². The third-order valence-corrected chi connectivity index (χ3v) is 4.05. The maximum absolute atomic E-state index is 9.27. The number of nitrogens with one attached hydrogen (secondary N) is 1. The molecule has 0 aromatic carbocycles. The molecule has 3 atom stereocenters. The summed E-state index contributed by atoms with van der Waals surface area (Å²) >= 11 is 0. The summed E-state index contributed by atoms with van der Waals surface area (Å²) in [5.74, 6) is 0. The van der Waals surface area contributed by atoms with Crippen LogP contribution in [0.1, 0.15) is 40.0 Å². The van der Waals surface area contributed by atoms with Gasteiger partial charge in [-0.3, -0.25) is 0 Å². The summed E-state index contributed by atoms with van der Waals surface area (Å²) < 4.78 is 5.52. The van der Waals surface area contributed by atoms with Crippen LogP contribution in [0.4, 0.5) is 0 Å². The summed E-state index contributed by atoms with van der Waals surface area (Å²) in [4.78, 5) is 0. The van der Waals surface area contributed by atoms with E-state index in [1.54, 1.807) is 7.11 Å². The number of ether oxygens (including phenoxy) is 1. The molecule has 0 unspecified atom stereocenters. The minimum atomic E-state index is -0.266. The van der Waals surface area contributed by atoms with E-state index < -0.39 is 0 Å². The molecule has 0 bridgehead atoms. The quantitative estimate of drug-likeness (QED) is 0.706. The van der Waals surface area contributed by atoms with Gasteiger partial charge < -0.3 is 15.2 Å². The molecule has 0 radical (unpaired) electrons. The molecule has 1 saturated carbocycles. The zero-order chi connectivity index (χ0) is 11.5. The van der Waals surface area contributed by atoms with Gasteiger partial charge in [-0.15, -0.1) is 0 Å². The maximum atomic E-state index is 9.27. The maximum Gasteiger partial charge on any atom is 0.0657 e. The summed E-state index contributed by atoms with van der Waals surface area (Å²) in [5.41, 5.74) is 0.281. The number of hydrogen-bond donors (Lipinski definition) is 2. The molecule has 0 aromatic heterocycles. The first-order valence-electron chi connectivity index (χ1n) is 6.05. The predicted octanol–water partition coefficient (Wildman–Crippen LogP) is 1.55. The van der Waals surface area contributed by atoms with Crippen LogP contribution >= 0.6 is 0 Å². The molecule has 2 N–H and O–H groups in total. The van der Waals surface area contributed by atoms with Gasteiger partial charge in [0.1, 0.15) is 0 Å². The number of rotatable bonds is 6. The van der Waals surface area contributed by atoms with E-state index in [2.05, 4.69) is 19.2 Å². The van der Waals surface area contributed by atoms with Crippen molar-refractivity contribution in [2.24, 2.45) is 5.41 Å². The highest BCUT2D eigenvalue weighted by molar-refractivity contribution is 5.06. The van der Waals surface area contributed by atoms with Crippen molar-refractivity contribution in [2.45, 2.75) is 58.3 Å². The van der Waals surface area contributed by atoms with E-state index in [4.69, 9.17) is 4.74 Å². The number of aliphatic hydroxyl groups excluding tert-OH is 1. The van der Waals surface area contributed by atoms with Gasteiger partial charge in [-0.1, -0.05) is 13.8 Å². The molecule has 1 aliphatic rings. The second-order valence-electron chi connectivity index (χ2n) is 4.71. The molecule has 1 fully saturated rings. The Labute approximate surface area is 93.2 Å².